The number of carbonyl (C=O) groups is 1. The number of aliphatic hydroxyl groups is 1. The highest BCUT2D eigenvalue weighted by Gasteiger charge is 2.50. The molecule has 2 atom stereocenters. The van der Waals surface area contributed by atoms with E-state index in [2.05, 4.69) is 12.1 Å². The van der Waals surface area contributed by atoms with Crippen LogP contribution in [0.1, 0.15) is 81.7 Å². The Morgan fingerprint density at radius 1 is 1.31 bits per heavy atom. The van der Waals surface area contributed by atoms with Gasteiger partial charge in [0.2, 0.25) is 0 Å². The SMILES string of the molecule is CCCCC1=NC2(CCCC2)C(=O)N1CC(c1noc(C)c1C)C(C)O. The number of hydrogen-bond acceptors (Lipinski definition) is 5. The molecule has 144 valence electrons. The molecule has 0 radical (unpaired) electrons. The summed E-state index contributed by atoms with van der Waals surface area (Å²) in [6.45, 7) is 8.13. The minimum Gasteiger partial charge on any atom is -0.393 e. The van der Waals surface area contributed by atoms with Crippen molar-refractivity contribution in [2.75, 3.05) is 6.54 Å². The molecule has 2 aliphatic rings. The van der Waals surface area contributed by atoms with Gasteiger partial charge in [-0.3, -0.25) is 14.7 Å². The zero-order valence-electron chi connectivity index (χ0n) is 16.4. The van der Waals surface area contributed by atoms with E-state index in [-0.39, 0.29) is 11.8 Å². The standard InChI is InChI=1S/C20H31N3O3/c1-5-6-9-17-21-20(10-7-8-11-20)19(25)23(17)12-16(14(3)24)18-13(2)15(4)26-22-18/h14,16,24H,5-12H2,1-4H3. The smallest absolute Gasteiger partial charge is 0.255 e. The van der Waals surface area contributed by atoms with Gasteiger partial charge in [0.15, 0.2) is 0 Å². The maximum atomic E-state index is 13.3. The molecule has 6 heteroatoms. The second kappa shape index (κ2) is 7.51. The van der Waals surface area contributed by atoms with Crippen LogP contribution in [-0.2, 0) is 4.79 Å². The number of carbonyl (C=O) groups excluding carboxylic acids is 1. The first-order chi connectivity index (χ1) is 12.4. The Kier molecular flexibility index (Phi) is 5.51. The van der Waals surface area contributed by atoms with Gasteiger partial charge in [-0.2, -0.15) is 0 Å². The molecule has 1 amide bonds. The molecule has 1 saturated carbocycles. The Morgan fingerprint density at radius 3 is 2.54 bits per heavy atom. The predicted molar refractivity (Wildman–Crippen MR) is 100 cm³/mol. The van der Waals surface area contributed by atoms with Crippen molar-refractivity contribution in [2.24, 2.45) is 4.99 Å². The molecule has 6 nitrogen and oxygen atoms in total. The quantitative estimate of drug-likeness (QED) is 0.806. The minimum absolute atomic E-state index is 0.115. The Bertz CT molecular complexity index is 686. The van der Waals surface area contributed by atoms with E-state index in [0.717, 1.165) is 67.8 Å². The largest absolute Gasteiger partial charge is 0.393 e. The number of amidine groups is 1. The van der Waals surface area contributed by atoms with Gasteiger partial charge in [-0.25, -0.2) is 0 Å². The zero-order valence-corrected chi connectivity index (χ0v) is 16.4. The fraction of sp³-hybridized carbons (Fsp3) is 0.750. The van der Waals surface area contributed by atoms with E-state index < -0.39 is 11.6 Å². The number of amides is 1. The minimum atomic E-state index is -0.626. The van der Waals surface area contributed by atoms with Gasteiger partial charge in [-0.1, -0.05) is 31.3 Å². The third-order valence-corrected chi connectivity index (χ3v) is 5.99. The van der Waals surface area contributed by atoms with Crippen LogP contribution >= 0.6 is 0 Å². The third-order valence-electron chi connectivity index (χ3n) is 5.99. The lowest BCUT2D eigenvalue weighted by molar-refractivity contribution is -0.131. The van der Waals surface area contributed by atoms with Gasteiger partial charge in [-0.05, 0) is 40.0 Å². The summed E-state index contributed by atoms with van der Waals surface area (Å²) in [5, 5.41) is 14.6. The van der Waals surface area contributed by atoms with Gasteiger partial charge >= 0.3 is 0 Å². The average Bonchev–Trinajstić information content (AvgIpc) is 3.27. The fourth-order valence-corrected chi connectivity index (χ4v) is 4.17. The van der Waals surface area contributed by atoms with Gasteiger partial charge < -0.3 is 9.63 Å². The summed E-state index contributed by atoms with van der Waals surface area (Å²) in [5.41, 5.74) is 1.15. The highest BCUT2D eigenvalue weighted by atomic mass is 16.5. The molecule has 1 aromatic rings. The van der Waals surface area contributed by atoms with Crippen LogP contribution in [0.3, 0.4) is 0 Å². The maximum absolute atomic E-state index is 13.3. The number of unbranched alkanes of at least 4 members (excludes halogenated alkanes) is 1. The van der Waals surface area contributed by atoms with Crippen LogP contribution in [0.2, 0.25) is 0 Å². The molecule has 0 saturated heterocycles. The van der Waals surface area contributed by atoms with E-state index in [0.29, 0.717) is 6.54 Å². The van der Waals surface area contributed by atoms with E-state index in [1.54, 1.807) is 6.92 Å². The highest BCUT2D eigenvalue weighted by molar-refractivity contribution is 6.08. The monoisotopic (exact) mass is 361 g/mol. The van der Waals surface area contributed by atoms with E-state index in [1.807, 2.05) is 18.7 Å². The molecular formula is C20H31N3O3. The molecule has 26 heavy (non-hydrogen) atoms. The highest BCUT2D eigenvalue weighted by Crippen LogP contribution is 2.40. The maximum Gasteiger partial charge on any atom is 0.255 e. The van der Waals surface area contributed by atoms with Gasteiger partial charge in [0.25, 0.3) is 5.91 Å². The number of rotatable bonds is 7. The number of aryl methyl sites for hydroxylation is 1. The molecule has 0 bridgehead atoms. The van der Waals surface area contributed by atoms with Crippen molar-refractivity contribution in [3.05, 3.63) is 17.0 Å². The number of aliphatic imine (C=N–C) groups is 1. The van der Waals surface area contributed by atoms with Crippen molar-refractivity contribution < 1.29 is 14.4 Å². The molecule has 1 N–H and O–H groups in total. The number of aliphatic hydroxyl groups excluding tert-OH is 1. The third kappa shape index (κ3) is 3.31. The molecule has 1 fully saturated rings. The van der Waals surface area contributed by atoms with Crippen molar-refractivity contribution >= 4 is 11.7 Å². The summed E-state index contributed by atoms with van der Waals surface area (Å²) in [4.78, 5) is 20.0. The van der Waals surface area contributed by atoms with E-state index >= 15 is 0 Å². The molecule has 2 unspecified atom stereocenters. The molecular weight excluding hydrogens is 330 g/mol. The lowest BCUT2D eigenvalue weighted by Crippen LogP contribution is -2.44. The number of nitrogens with zero attached hydrogens (tertiary/aromatic N) is 3. The fourth-order valence-electron chi connectivity index (χ4n) is 4.17. The average molecular weight is 361 g/mol. The zero-order chi connectivity index (χ0) is 18.9. The van der Waals surface area contributed by atoms with Gasteiger partial charge in [0.1, 0.15) is 17.1 Å². The first-order valence-electron chi connectivity index (χ1n) is 9.91. The summed E-state index contributed by atoms with van der Waals surface area (Å²) in [6, 6.07) is 0. The topological polar surface area (TPSA) is 78.9 Å². The van der Waals surface area contributed by atoms with Crippen LogP contribution in [0.4, 0.5) is 0 Å². The number of aromatic nitrogens is 1. The second-order valence-electron chi connectivity index (χ2n) is 7.88. The number of hydrogen-bond donors (Lipinski definition) is 1. The van der Waals surface area contributed by atoms with Crippen molar-refractivity contribution in [3.63, 3.8) is 0 Å². The van der Waals surface area contributed by atoms with E-state index in [9.17, 15) is 9.90 Å². The summed E-state index contributed by atoms with van der Waals surface area (Å²) >= 11 is 0. The van der Waals surface area contributed by atoms with Gasteiger partial charge in [0, 0.05) is 24.4 Å². The van der Waals surface area contributed by atoms with Crippen LogP contribution in [0.15, 0.2) is 9.52 Å². The van der Waals surface area contributed by atoms with Crippen LogP contribution < -0.4 is 0 Å². The van der Waals surface area contributed by atoms with Crippen LogP contribution in [0, 0.1) is 13.8 Å². The summed E-state index contributed by atoms with van der Waals surface area (Å²) in [5.74, 6) is 1.48. The first-order valence-corrected chi connectivity index (χ1v) is 9.91. The van der Waals surface area contributed by atoms with Crippen molar-refractivity contribution in [2.45, 2.75) is 90.2 Å². The Morgan fingerprint density at radius 2 is 2.00 bits per heavy atom. The van der Waals surface area contributed by atoms with Gasteiger partial charge in [-0.15, -0.1) is 0 Å². The summed E-state index contributed by atoms with van der Waals surface area (Å²) in [6.07, 6.45) is 6.08. The van der Waals surface area contributed by atoms with E-state index in [4.69, 9.17) is 9.52 Å². The van der Waals surface area contributed by atoms with Crippen molar-refractivity contribution in [3.8, 4) is 0 Å². The van der Waals surface area contributed by atoms with Crippen LogP contribution in [0.25, 0.3) is 0 Å². The normalized spacial score (nSPS) is 21.5. The molecule has 1 aromatic heterocycles. The van der Waals surface area contributed by atoms with Crippen molar-refractivity contribution in [1.82, 2.24) is 10.1 Å². The molecule has 0 aromatic carbocycles. The van der Waals surface area contributed by atoms with Crippen LogP contribution in [-0.4, -0.2) is 45.1 Å². The van der Waals surface area contributed by atoms with Gasteiger partial charge in [0.05, 0.1) is 11.8 Å². The van der Waals surface area contributed by atoms with E-state index in [1.165, 1.54) is 0 Å². The Balaban J connectivity index is 1.88. The summed E-state index contributed by atoms with van der Waals surface area (Å²) < 4.78 is 5.31. The predicted octanol–water partition coefficient (Wildman–Crippen LogP) is 3.50. The molecule has 3 rings (SSSR count). The molecule has 2 heterocycles. The Hall–Kier alpha value is -1.69. The lowest BCUT2D eigenvalue weighted by Gasteiger charge is -2.28. The molecule has 1 aliphatic carbocycles. The lowest BCUT2D eigenvalue weighted by atomic mass is 9.93. The van der Waals surface area contributed by atoms with Crippen molar-refractivity contribution in [1.29, 1.82) is 0 Å². The second-order valence-corrected chi connectivity index (χ2v) is 7.88. The van der Waals surface area contributed by atoms with Crippen LogP contribution in [0.5, 0.6) is 0 Å². The molecule has 1 aliphatic heterocycles. The Labute approximate surface area is 155 Å². The summed E-state index contributed by atoms with van der Waals surface area (Å²) in [7, 11) is 0. The first kappa shape index (κ1) is 19.1. The molecule has 1 spiro atoms.